The SMILES string of the molecule is O=C1OCC[C@H]1Sc1nnc(N2CCCC2)n1Cc1ccco1. The van der Waals surface area contributed by atoms with Gasteiger partial charge in [0, 0.05) is 19.5 Å². The molecule has 23 heavy (non-hydrogen) atoms. The summed E-state index contributed by atoms with van der Waals surface area (Å²) in [6.07, 6.45) is 4.72. The largest absolute Gasteiger partial charge is 0.467 e. The molecule has 2 aliphatic heterocycles. The Morgan fingerprint density at radius 3 is 2.87 bits per heavy atom. The molecule has 0 unspecified atom stereocenters. The second kappa shape index (κ2) is 6.27. The molecular weight excluding hydrogens is 316 g/mol. The summed E-state index contributed by atoms with van der Waals surface area (Å²) in [7, 11) is 0. The molecule has 4 rings (SSSR count). The summed E-state index contributed by atoms with van der Waals surface area (Å²) in [4.78, 5) is 14.0. The maximum Gasteiger partial charge on any atom is 0.319 e. The van der Waals surface area contributed by atoms with Gasteiger partial charge in [0.15, 0.2) is 5.16 Å². The average molecular weight is 334 g/mol. The van der Waals surface area contributed by atoms with Gasteiger partial charge in [-0.2, -0.15) is 0 Å². The van der Waals surface area contributed by atoms with Gasteiger partial charge in [-0.05, 0) is 25.0 Å². The predicted octanol–water partition coefficient (Wildman–Crippen LogP) is 1.93. The molecule has 2 saturated heterocycles. The van der Waals surface area contributed by atoms with Crippen LogP contribution in [-0.4, -0.2) is 45.7 Å². The van der Waals surface area contributed by atoms with Gasteiger partial charge in [-0.15, -0.1) is 10.2 Å². The topological polar surface area (TPSA) is 73.4 Å². The molecule has 2 fully saturated rings. The predicted molar refractivity (Wildman–Crippen MR) is 84.5 cm³/mol. The maximum absolute atomic E-state index is 11.7. The fraction of sp³-hybridized carbons (Fsp3) is 0.533. The zero-order chi connectivity index (χ0) is 15.6. The highest BCUT2D eigenvalue weighted by molar-refractivity contribution is 8.00. The Bertz CT molecular complexity index is 679. The van der Waals surface area contributed by atoms with Crippen LogP contribution >= 0.6 is 11.8 Å². The number of esters is 1. The van der Waals surface area contributed by atoms with Crippen molar-refractivity contribution < 1.29 is 13.9 Å². The van der Waals surface area contributed by atoms with Crippen molar-refractivity contribution in [3.8, 4) is 0 Å². The summed E-state index contributed by atoms with van der Waals surface area (Å²) in [5.41, 5.74) is 0. The molecule has 122 valence electrons. The second-order valence-corrected chi connectivity index (χ2v) is 6.87. The number of carbonyl (C=O) groups is 1. The molecule has 2 aromatic rings. The Morgan fingerprint density at radius 1 is 1.30 bits per heavy atom. The molecule has 0 N–H and O–H groups in total. The number of ether oxygens (including phenoxy) is 1. The number of rotatable bonds is 5. The van der Waals surface area contributed by atoms with Crippen molar-refractivity contribution in [3.63, 3.8) is 0 Å². The van der Waals surface area contributed by atoms with E-state index >= 15 is 0 Å². The summed E-state index contributed by atoms with van der Waals surface area (Å²) in [6.45, 7) is 3.04. The smallest absolute Gasteiger partial charge is 0.319 e. The number of thioether (sulfide) groups is 1. The number of nitrogens with zero attached hydrogens (tertiary/aromatic N) is 4. The van der Waals surface area contributed by atoms with Gasteiger partial charge < -0.3 is 14.1 Å². The molecule has 0 bridgehead atoms. The minimum atomic E-state index is -0.194. The third kappa shape index (κ3) is 2.95. The molecule has 8 heteroatoms. The summed E-state index contributed by atoms with van der Waals surface area (Å²) in [6, 6.07) is 3.81. The Labute approximate surface area is 138 Å². The minimum absolute atomic E-state index is 0.162. The number of anilines is 1. The van der Waals surface area contributed by atoms with E-state index in [9.17, 15) is 4.79 Å². The van der Waals surface area contributed by atoms with E-state index in [0.717, 1.165) is 36.4 Å². The number of cyclic esters (lactones) is 1. The van der Waals surface area contributed by atoms with E-state index in [4.69, 9.17) is 9.15 Å². The van der Waals surface area contributed by atoms with Crippen molar-refractivity contribution in [2.45, 2.75) is 36.2 Å². The summed E-state index contributed by atoms with van der Waals surface area (Å²) in [5, 5.41) is 9.24. The van der Waals surface area contributed by atoms with Crippen LogP contribution in [0.25, 0.3) is 0 Å². The van der Waals surface area contributed by atoms with Crippen molar-refractivity contribution in [1.82, 2.24) is 14.8 Å². The van der Waals surface area contributed by atoms with Gasteiger partial charge in [0.25, 0.3) is 0 Å². The fourth-order valence-corrected chi connectivity index (χ4v) is 3.92. The van der Waals surface area contributed by atoms with Gasteiger partial charge in [-0.1, -0.05) is 11.8 Å². The van der Waals surface area contributed by atoms with E-state index in [1.54, 1.807) is 6.26 Å². The summed E-state index contributed by atoms with van der Waals surface area (Å²) >= 11 is 1.43. The number of hydrogen-bond acceptors (Lipinski definition) is 7. The lowest BCUT2D eigenvalue weighted by Gasteiger charge is -2.18. The standard InChI is InChI=1S/C15H18N4O3S/c20-13-12(5-9-22-13)23-15-17-16-14(18-6-1-2-7-18)19(15)10-11-4-3-8-21-11/h3-4,8,12H,1-2,5-7,9-10H2/t12-/m1/s1. The summed E-state index contributed by atoms with van der Waals surface area (Å²) in [5.74, 6) is 1.54. The van der Waals surface area contributed by atoms with Crippen molar-refractivity contribution in [2.24, 2.45) is 0 Å². The van der Waals surface area contributed by atoms with Gasteiger partial charge in [-0.25, -0.2) is 0 Å². The lowest BCUT2D eigenvalue weighted by Crippen LogP contribution is -2.23. The highest BCUT2D eigenvalue weighted by Crippen LogP contribution is 2.31. The lowest BCUT2D eigenvalue weighted by molar-refractivity contribution is -0.137. The lowest BCUT2D eigenvalue weighted by atomic mass is 10.4. The maximum atomic E-state index is 11.7. The van der Waals surface area contributed by atoms with Crippen molar-refractivity contribution in [2.75, 3.05) is 24.6 Å². The van der Waals surface area contributed by atoms with Crippen LogP contribution in [0.3, 0.4) is 0 Å². The van der Waals surface area contributed by atoms with E-state index in [0.29, 0.717) is 13.2 Å². The first-order valence-electron chi connectivity index (χ1n) is 7.85. The van der Waals surface area contributed by atoms with Crippen LogP contribution in [0.2, 0.25) is 0 Å². The zero-order valence-corrected chi connectivity index (χ0v) is 13.5. The van der Waals surface area contributed by atoms with Crippen LogP contribution in [0.15, 0.2) is 28.0 Å². The van der Waals surface area contributed by atoms with Crippen molar-refractivity contribution in [3.05, 3.63) is 24.2 Å². The van der Waals surface area contributed by atoms with Crippen LogP contribution in [-0.2, 0) is 16.1 Å². The Balaban J connectivity index is 1.62. The highest BCUT2D eigenvalue weighted by atomic mass is 32.2. The minimum Gasteiger partial charge on any atom is -0.467 e. The van der Waals surface area contributed by atoms with Gasteiger partial charge in [0.2, 0.25) is 5.95 Å². The van der Waals surface area contributed by atoms with Crippen molar-refractivity contribution in [1.29, 1.82) is 0 Å². The molecule has 7 nitrogen and oxygen atoms in total. The first-order valence-corrected chi connectivity index (χ1v) is 8.73. The molecule has 0 aliphatic carbocycles. The van der Waals surface area contributed by atoms with E-state index in [1.807, 2.05) is 16.7 Å². The first-order chi connectivity index (χ1) is 11.3. The van der Waals surface area contributed by atoms with E-state index in [1.165, 1.54) is 24.6 Å². The van der Waals surface area contributed by atoms with Crippen LogP contribution in [0, 0.1) is 0 Å². The zero-order valence-electron chi connectivity index (χ0n) is 12.7. The van der Waals surface area contributed by atoms with Crippen molar-refractivity contribution >= 4 is 23.7 Å². The fourth-order valence-electron chi connectivity index (χ4n) is 2.93. The van der Waals surface area contributed by atoms with E-state index < -0.39 is 0 Å². The number of hydrogen-bond donors (Lipinski definition) is 0. The number of aromatic nitrogens is 3. The molecule has 0 radical (unpaired) electrons. The number of furan rings is 1. The Hall–Kier alpha value is -1.96. The molecule has 0 aromatic carbocycles. The molecule has 1 atom stereocenters. The normalized spacial score (nSPS) is 21.1. The summed E-state index contributed by atoms with van der Waals surface area (Å²) < 4.78 is 12.6. The molecule has 4 heterocycles. The van der Waals surface area contributed by atoms with Crippen LogP contribution in [0.5, 0.6) is 0 Å². The Morgan fingerprint density at radius 2 is 2.17 bits per heavy atom. The third-order valence-corrected chi connectivity index (χ3v) is 5.34. The monoisotopic (exact) mass is 334 g/mol. The molecule has 0 amide bonds. The first kappa shape index (κ1) is 14.6. The van der Waals surface area contributed by atoms with E-state index in [-0.39, 0.29) is 11.2 Å². The molecule has 0 spiro atoms. The van der Waals surface area contributed by atoms with Crippen LogP contribution < -0.4 is 4.90 Å². The number of carbonyl (C=O) groups excluding carboxylic acids is 1. The molecular formula is C15H18N4O3S. The van der Waals surface area contributed by atoms with Gasteiger partial charge >= 0.3 is 5.97 Å². The molecule has 0 saturated carbocycles. The van der Waals surface area contributed by atoms with Gasteiger partial charge in [-0.3, -0.25) is 9.36 Å². The van der Waals surface area contributed by atoms with Crippen LogP contribution in [0.4, 0.5) is 5.95 Å². The Kier molecular flexibility index (Phi) is 3.99. The average Bonchev–Trinajstić information content (AvgIpc) is 3.31. The third-order valence-electron chi connectivity index (χ3n) is 4.12. The van der Waals surface area contributed by atoms with Gasteiger partial charge in [0.1, 0.15) is 11.0 Å². The second-order valence-electron chi connectivity index (χ2n) is 5.70. The van der Waals surface area contributed by atoms with Gasteiger partial charge in [0.05, 0.1) is 19.4 Å². The quantitative estimate of drug-likeness (QED) is 0.774. The molecule has 2 aromatic heterocycles. The molecule has 2 aliphatic rings. The highest BCUT2D eigenvalue weighted by Gasteiger charge is 2.31. The van der Waals surface area contributed by atoms with E-state index in [2.05, 4.69) is 15.1 Å². The van der Waals surface area contributed by atoms with Crippen LogP contribution in [0.1, 0.15) is 25.0 Å².